The van der Waals surface area contributed by atoms with E-state index < -0.39 is 18.0 Å². The van der Waals surface area contributed by atoms with Gasteiger partial charge in [-0.2, -0.15) is 0 Å². The van der Waals surface area contributed by atoms with Crippen LogP contribution in [0.15, 0.2) is 0 Å². The van der Waals surface area contributed by atoms with Gasteiger partial charge in [0.05, 0.1) is 5.60 Å². The highest BCUT2D eigenvalue weighted by atomic mass is 16.5. The standard InChI is InChI=1S/C11H20N2O4/c1-3-8(9(14)15)13-10(16)12-7-11(17-2)5-4-6-11/h8H,3-7H2,1-2H3,(H,14,15)(H2,12,13,16)/t8-/m0/s1. The second kappa shape index (κ2) is 5.86. The summed E-state index contributed by atoms with van der Waals surface area (Å²) in [6.07, 6.45) is 3.32. The highest BCUT2D eigenvalue weighted by Gasteiger charge is 2.37. The number of hydrogen-bond acceptors (Lipinski definition) is 3. The van der Waals surface area contributed by atoms with Crippen LogP contribution in [-0.2, 0) is 9.53 Å². The van der Waals surface area contributed by atoms with E-state index >= 15 is 0 Å². The van der Waals surface area contributed by atoms with E-state index in [-0.39, 0.29) is 5.60 Å². The van der Waals surface area contributed by atoms with E-state index in [4.69, 9.17) is 9.84 Å². The van der Waals surface area contributed by atoms with Crippen LogP contribution >= 0.6 is 0 Å². The molecule has 17 heavy (non-hydrogen) atoms. The molecular formula is C11H20N2O4. The molecule has 1 atom stereocenters. The van der Waals surface area contributed by atoms with Crippen molar-refractivity contribution in [1.29, 1.82) is 0 Å². The highest BCUT2D eigenvalue weighted by molar-refractivity contribution is 5.82. The highest BCUT2D eigenvalue weighted by Crippen LogP contribution is 2.34. The van der Waals surface area contributed by atoms with Crippen LogP contribution < -0.4 is 10.6 Å². The molecule has 0 saturated heterocycles. The summed E-state index contributed by atoms with van der Waals surface area (Å²) in [5.41, 5.74) is -0.248. The van der Waals surface area contributed by atoms with Gasteiger partial charge < -0.3 is 20.5 Å². The lowest BCUT2D eigenvalue weighted by Gasteiger charge is -2.40. The lowest BCUT2D eigenvalue weighted by molar-refractivity contribution is -0.139. The Morgan fingerprint density at radius 3 is 2.47 bits per heavy atom. The second-order valence-corrected chi connectivity index (χ2v) is 4.37. The van der Waals surface area contributed by atoms with Gasteiger partial charge in [0.2, 0.25) is 0 Å². The fourth-order valence-electron chi connectivity index (χ4n) is 1.81. The van der Waals surface area contributed by atoms with Crippen LogP contribution in [0, 0.1) is 0 Å². The Bertz CT molecular complexity index is 284. The Morgan fingerprint density at radius 2 is 2.12 bits per heavy atom. The monoisotopic (exact) mass is 244 g/mol. The maximum atomic E-state index is 11.5. The van der Waals surface area contributed by atoms with Gasteiger partial charge in [0, 0.05) is 13.7 Å². The van der Waals surface area contributed by atoms with E-state index in [9.17, 15) is 9.59 Å². The molecular weight excluding hydrogens is 224 g/mol. The van der Waals surface area contributed by atoms with Crippen LogP contribution in [0.4, 0.5) is 4.79 Å². The maximum Gasteiger partial charge on any atom is 0.326 e. The average Bonchev–Trinajstić information content (AvgIpc) is 2.24. The molecule has 1 aliphatic carbocycles. The van der Waals surface area contributed by atoms with Gasteiger partial charge in [0.1, 0.15) is 6.04 Å². The van der Waals surface area contributed by atoms with Crippen LogP contribution in [0.1, 0.15) is 32.6 Å². The van der Waals surface area contributed by atoms with E-state index in [1.165, 1.54) is 0 Å². The molecule has 0 heterocycles. The van der Waals surface area contributed by atoms with Crippen molar-refractivity contribution in [2.45, 2.75) is 44.2 Å². The van der Waals surface area contributed by atoms with Gasteiger partial charge in [-0.3, -0.25) is 0 Å². The topological polar surface area (TPSA) is 87.7 Å². The molecule has 0 unspecified atom stereocenters. The van der Waals surface area contributed by atoms with Crippen molar-refractivity contribution in [3.05, 3.63) is 0 Å². The van der Waals surface area contributed by atoms with Crippen molar-refractivity contribution in [3.8, 4) is 0 Å². The van der Waals surface area contributed by atoms with Gasteiger partial charge in [-0.1, -0.05) is 6.92 Å². The second-order valence-electron chi connectivity index (χ2n) is 4.37. The molecule has 0 spiro atoms. The predicted octanol–water partition coefficient (Wildman–Crippen LogP) is 0.718. The minimum absolute atomic E-state index is 0.248. The lowest BCUT2D eigenvalue weighted by atomic mass is 9.80. The number of nitrogens with one attached hydrogen (secondary N) is 2. The van der Waals surface area contributed by atoms with Crippen LogP contribution in [0.25, 0.3) is 0 Å². The number of aliphatic carboxylic acids is 1. The van der Waals surface area contributed by atoms with Crippen molar-refractivity contribution >= 4 is 12.0 Å². The molecule has 0 aliphatic heterocycles. The Morgan fingerprint density at radius 1 is 1.47 bits per heavy atom. The average molecular weight is 244 g/mol. The van der Waals surface area contributed by atoms with Crippen LogP contribution in [-0.4, -0.2) is 42.4 Å². The summed E-state index contributed by atoms with van der Waals surface area (Å²) in [5, 5.41) is 13.9. The molecule has 1 rings (SSSR count). The Hall–Kier alpha value is -1.30. The largest absolute Gasteiger partial charge is 0.480 e. The Labute approximate surface area is 101 Å². The zero-order chi connectivity index (χ0) is 12.9. The number of rotatable bonds is 6. The molecule has 1 saturated carbocycles. The number of methoxy groups -OCH3 is 1. The molecule has 0 aromatic carbocycles. The van der Waals surface area contributed by atoms with E-state index in [2.05, 4.69) is 10.6 Å². The van der Waals surface area contributed by atoms with Crippen LogP contribution in [0.3, 0.4) is 0 Å². The minimum Gasteiger partial charge on any atom is -0.480 e. The first-order chi connectivity index (χ1) is 8.03. The first-order valence-electron chi connectivity index (χ1n) is 5.85. The summed E-state index contributed by atoms with van der Waals surface area (Å²) in [6.45, 7) is 2.13. The molecule has 1 aliphatic rings. The van der Waals surface area contributed by atoms with Crippen molar-refractivity contribution in [3.63, 3.8) is 0 Å². The van der Waals surface area contributed by atoms with Gasteiger partial charge in [-0.15, -0.1) is 0 Å². The van der Waals surface area contributed by atoms with Crippen molar-refractivity contribution in [1.82, 2.24) is 10.6 Å². The molecule has 6 nitrogen and oxygen atoms in total. The van der Waals surface area contributed by atoms with Gasteiger partial charge >= 0.3 is 12.0 Å². The molecule has 6 heteroatoms. The fourth-order valence-corrected chi connectivity index (χ4v) is 1.81. The predicted molar refractivity (Wildman–Crippen MR) is 61.8 cm³/mol. The maximum absolute atomic E-state index is 11.5. The molecule has 2 amide bonds. The number of carbonyl (C=O) groups is 2. The SMILES string of the molecule is CC[C@H](NC(=O)NCC1(OC)CCC1)C(=O)O. The first-order valence-corrected chi connectivity index (χ1v) is 5.85. The van der Waals surface area contributed by atoms with Gasteiger partial charge in [0.15, 0.2) is 0 Å². The van der Waals surface area contributed by atoms with Crippen molar-refractivity contribution in [2.24, 2.45) is 0 Å². The summed E-state index contributed by atoms with van der Waals surface area (Å²) < 4.78 is 5.34. The number of carbonyl (C=O) groups excluding carboxylic acids is 1. The smallest absolute Gasteiger partial charge is 0.326 e. The lowest BCUT2D eigenvalue weighted by Crippen LogP contribution is -2.53. The van der Waals surface area contributed by atoms with Crippen LogP contribution in [0.2, 0.25) is 0 Å². The molecule has 0 aromatic heterocycles. The van der Waals surface area contributed by atoms with Gasteiger partial charge in [0.25, 0.3) is 0 Å². The van der Waals surface area contributed by atoms with Gasteiger partial charge in [-0.05, 0) is 25.7 Å². The molecule has 0 bridgehead atoms. The van der Waals surface area contributed by atoms with E-state index in [0.717, 1.165) is 19.3 Å². The summed E-state index contributed by atoms with van der Waals surface area (Å²) in [7, 11) is 1.63. The molecule has 0 radical (unpaired) electrons. The first kappa shape index (κ1) is 13.8. The number of urea groups is 1. The molecule has 98 valence electrons. The summed E-state index contributed by atoms with van der Waals surface area (Å²) in [6, 6.07) is -1.29. The Kier molecular flexibility index (Phi) is 4.74. The third-order valence-electron chi connectivity index (χ3n) is 3.28. The number of carboxylic acid groups (broad SMARTS) is 1. The zero-order valence-electron chi connectivity index (χ0n) is 10.3. The summed E-state index contributed by atoms with van der Waals surface area (Å²) in [5.74, 6) is -1.02. The van der Waals surface area contributed by atoms with Crippen molar-refractivity contribution in [2.75, 3.05) is 13.7 Å². The summed E-state index contributed by atoms with van der Waals surface area (Å²) in [4.78, 5) is 22.2. The third-order valence-corrected chi connectivity index (χ3v) is 3.28. The quantitative estimate of drug-likeness (QED) is 0.642. The Balaban J connectivity index is 2.32. The number of hydrogen-bond donors (Lipinski definition) is 3. The molecule has 1 fully saturated rings. The number of amides is 2. The van der Waals surface area contributed by atoms with Crippen molar-refractivity contribution < 1.29 is 19.4 Å². The third kappa shape index (κ3) is 3.59. The fraction of sp³-hybridized carbons (Fsp3) is 0.818. The van der Waals surface area contributed by atoms with Gasteiger partial charge in [-0.25, -0.2) is 9.59 Å². The van der Waals surface area contributed by atoms with E-state index in [1.807, 2.05) is 0 Å². The van der Waals surface area contributed by atoms with E-state index in [0.29, 0.717) is 13.0 Å². The number of ether oxygens (including phenoxy) is 1. The normalized spacial score (nSPS) is 18.9. The van der Waals surface area contributed by atoms with E-state index in [1.54, 1.807) is 14.0 Å². The molecule has 3 N–H and O–H groups in total. The van der Waals surface area contributed by atoms with Crippen LogP contribution in [0.5, 0.6) is 0 Å². The summed E-state index contributed by atoms with van der Waals surface area (Å²) >= 11 is 0. The number of carboxylic acids is 1. The zero-order valence-corrected chi connectivity index (χ0v) is 10.3. The minimum atomic E-state index is -1.02. The molecule has 0 aromatic rings.